The average molecular weight is 258 g/mol. The third-order valence-electron chi connectivity index (χ3n) is 3.51. The van der Waals surface area contributed by atoms with Crippen LogP contribution >= 0.6 is 0 Å². The minimum absolute atomic E-state index is 0.487. The Kier molecular flexibility index (Phi) is 5.31. The molecule has 1 aromatic carbocycles. The molecule has 0 spiro atoms. The van der Waals surface area contributed by atoms with Gasteiger partial charge in [0.1, 0.15) is 0 Å². The van der Waals surface area contributed by atoms with Crippen molar-refractivity contribution in [3.05, 3.63) is 42.1 Å². The van der Waals surface area contributed by atoms with Crippen LogP contribution < -0.4 is 5.32 Å². The molecule has 102 valence electrons. The molecule has 2 rings (SSSR count). The van der Waals surface area contributed by atoms with Gasteiger partial charge in [0.05, 0.1) is 5.52 Å². The van der Waals surface area contributed by atoms with Crippen molar-refractivity contribution >= 4 is 10.9 Å². The Morgan fingerprint density at radius 1 is 1.26 bits per heavy atom. The summed E-state index contributed by atoms with van der Waals surface area (Å²) in [7, 11) is 3.78. The third kappa shape index (κ3) is 3.75. The fourth-order valence-corrected chi connectivity index (χ4v) is 2.42. The van der Waals surface area contributed by atoms with E-state index in [2.05, 4.69) is 34.6 Å². The predicted molar refractivity (Wildman–Crippen MR) is 79.4 cm³/mol. The lowest BCUT2D eigenvalue weighted by atomic mass is 9.99. The molecule has 2 aromatic rings. The van der Waals surface area contributed by atoms with E-state index in [0.717, 1.165) is 31.4 Å². The maximum Gasteiger partial charge on any atom is 0.0704 e. The van der Waals surface area contributed by atoms with Crippen LogP contribution in [0.5, 0.6) is 0 Å². The van der Waals surface area contributed by atoms with Crippen molar-refractivity contribution in [2.45, 2.75) is 25.3 Å². The summed E-state index contributed by atoms with van der Waals surface area (Å²) in [5.41, 5.74) is 2.44. The number of aromatic nitrogens is 1. The zero-order valence-corrected chi connectivity index (χ0v) is 11.7. The van der Waals surface area contributed by atoms with Crippen LogP contribution in [0.15, 0.2) is 36.5 Å². The SMILES string of the molecule is CNC(CCCOC)Cc1ccnc2ccccc12. The van der Waals surface area contributed by atoms with E-state index in [1.165, 1.54) is 10.9 Å². The molecule has 0 saturated heterocycles. The van der Waals surface area contributed by atoms with E-state index in [9.17, 15) is 0 Å². The molecule has 1 heterocycles. The van der Waals surface area contributed by atoms with Gasteiger partial charge in [-0.05, 0) is 44.0 Å². The highest BCUT2D eigenvalue weighted by molar-refractivity contribution is 5.81. The first kappa shape index (κ1) is 14.0. The monoisotopic (exact) mass is 258 g/mol. The number of methoxy groups -OCH3 is 1. The van der Waals surface area contributed by atoms with Crippen molar-refractivity contribution in [3.8, 4) is 0 Å². The van der Waals surface area contributed by atoms with E-state index in [1.54, 1.807) is 7.11 Å². The molecular weight excluding hydrogens is 236 g/mol. The maximum absolute atomic E-state index is 5.12. The van der Waals surface area contributed by atoms with Gasteiger partial charge in [0.15, 0.2) is 0 Å². The van der Waals surface area contributed by atoms with Gasteiger partial charge in [0.25, 0.3) is 0 Å². The number of likely N-dealkylation sites (N-methyl/N-ethyl adjacent to an activating group) is 1. The van der Waals surface area contributed by atoms with Crippen molar-refractivity contribution in [3.63, 3.8) is 0 Å². The van der Waals surface area contributed by atoms with Gasteiger partial charge < -0.3 is 10.1 Å². The smallest absolute Gasteiger partial charge is 0.0704 e. The number of nitrogens with one attached hydrogen (secondary N) is 1. The Hall–Kier alpha value is -1.45. The minimum atomic E-state index is 0.487. The number of fused-ring (bicyclic) bond motifs is 1. The molecule has 0 aliphatic rings. The maximum atomic E-state index is 5.12. The van der Waals surface area contributed by atoms with Crippen LogP contribution in [0.25, 0.3) is 10.9 Å². The number of hydrogen-bond acceptors (Lipinski definition) is 3. The second kappa shape index (κ2) is 7.22. The average Bonchev–Trinajstić information content (AvgIpc) is 2.46. The van der Waals surface area contributed by atoms with Gasteiger partial charge in [0, 0.05) is 31.3 Å². The molecule has 0 radical (unpaired) electrons. The van der Waals surface area contributed by atoms with Gasteiger partial charge in [-0.1, -0.05) is 18.2 Å². The molecule has 3 heteroatoms. The quantitative estimate of drug-likeness (QED) is 0.775. The number of rotatable bonds is 7. The molecule has 0 aliphatic carbocycles. The molecule has 0 aliphatic heterocycles. The van der Waals surface area contributed by atoms with Gasteiger partial charge in [-0.25, -0.2) is 0 Å². The Balaban J connectivity index is 2.10. The molecule has 0 bridgehead atoms. The van der Waals surface area contributed by atoms with E-state index in [1.807, 2.05) is 19.3 Å². The van der Waals surface area contributed by atoms with Crippen LogP contribution in [-0.2, 0) is 11.2 Å². The van der Waals surface area contributed by atoms with E-state index in [-0.39, 0.29) is 0 Å². The first-order chi connectivity index (χ1) is 9.35. The van der Waals surface area contributed by atoms with Crippen LogP contribution in [-0.4, -0.2) is 31.8 Å². The molecule has 1 aromatic heterocycles. The Bertz CT molecular complexity index is 508. The van der Waals surface area contributed by atoms with Crippen molar-refractivity contribution in [2.24, 2.45) is 0 Å². The highest BCUT2D eigenvalue weighted by Gasteiger charge is 2.09. The lowest BCUT2D eigenvalue weighted by Crippen LogP contribution is -2.28. The molecule has 0 amide bonds. The van der Waals surface area contributed by atoms with Crippen LogP contribution in [0.1, 0.15) is 18.4 Å². The number of ether oxygens (including phenoxy) is 1. The lowest BCUT2D eigenvalue weighted by Gasteiger charge is -2.17. The standard InChI is InChI=1S/C16H22N2O/c1-17-14(6-5-11-19-2)12-13-9-10-18-16-8-4-3-7-15(13)16/h3-4,7-10,14,17H,5-6,11-12H2,1-2H3. The second-order valence-corrected chi connectivity index (χ2v) is 4.81. The van der Waals surface area contributed by atoms with Crippen molar-refractivity contribution in [2.75, 3.05) is 20.8 Å². The highest BCUT2D eigenvalue weighted by atomic mass is 16.5. The molecule has 1 unspecified atom stereocenters. The van der Waals surface area contributed by atoms with Crippen LogP contribution in [0.4, 0.5) is 0 Å². The summed E-state index contributed by atoms with van der Waals surface area (Å²) in [6.07, 6.45) is 5.15. The number of pyridine rings is 1. The Morgan fingerprint density at radius 2 is 2.11 bits per heavy atom. The molecule has 0 saturated carbocycles. The van der Waals surface area contributed by atoms with Crippen LogP contribution in [0.3, 0.4) is 0 Å². The third-order valence-corrected chi connectivity index (χ3v) is 3.51. The summed E-state index contributed by atoms with van der Waals surface area (Å²) in [6, 6.07) is 10.9. The second-order valence-electron chi connectivity index (χ2n) is 4.81. The zero-order chi connectivity index (χ0) is 13.5. The van der Waals surface area contributed by atoms with Crippen LogP contribution in [0, 0.1) is 0 Å². The molecule has 0 fully saturated rings. The first-order valence-corrected chi connectivity index (χ1v) is 6.84. The largest absolute Gasteiger partial charge is 0.385 e. The fraction of sp³-hybridized carbons (Fsp3) is 0.438. The number of benzene rings is 1. The number of nitrogens with zero attached hydrogens (tertiary/aromatic N) is 1. The zero-order valence-electron chi connectivity index (χ0n) is 11.7. The summed E-state index contributed by atoms with van der Waals surface area (Å²) in [5.74, 6) is 0. The summed E-state index contributed by atoms with van der Waals surface area (Å²) in [5, 5.41) is 4.66. The number of para-hydroxylation sites is 1. The van der Waals surface area contributed by atoms with Gasteiger partial charge >= 0.3 is 0 Å². The predicted octanol–water partition coefficient (Wildman–Crippen LogP) is 2.79. The van der Waals surface area contributed by atoms with E-state index >= 15 is 0 Å². The molecule has 19 heavy (non-hydrogen) atoms. The van der Waals surface area contributed by atoms with E-state index < -0.39 is 0 Å². The topological polar surface area (TPSA) is 34.1 Å². The van der Waals surface area contributed by atoms with E-state index in [4.69, 9.17) is 4.74 Å². The fourth-order valence-electron chi connectivity index (χ4n) is 2.42. The van der Waals surface area contributed by atoms with Crippen LogP contribution in [0.2, 0.25) is 0 Å². The normalized spacial score (nSPS) is 12.7. The Labute approximate surface area is 115 Å². The molecule has 1 N–H and O–H groups in total. The lowest BCUT2D eigenvalue weighted by molar-refractivity contribution is 0.189. The first-order valence-electron chi connectivity index (χ1n) is 6.84. The molecular formula is C16H22N2O. The van der Waals surface area contributed by atoms with Gasteiger partial charge in [-0.2, -0.15) is 0 Å². The van der Waals surface area contributed by atoms with Crippen molar-refractivity contribution in [1.29, 1.82) is 0 Å². The summed E-state index contributed by atoms with van der Waals surface area (Å²) in [4.78, 5) is 4.41. The number of hydrogen-bond donors (Lipinski definition) is 1. The summed E-state index contributed by atoms with van der Waals surface area (Å²) < 4.78 is 5.12. The summed E-state index contributed by atoms with van der Waals surface area (Å²) in [6.45, 7) is 0.829. The highest BCUT2D eigenvalue weighted by Crippen LogP contribution is 2.18. The van der Waals surface area contributed by atoms with Gasteiger partial charge in [0.2, 0.25) is 0 Å². The van der Waals surface area contributed by atoms with Crippen molar-refractivity contribution < 1.29 is 4.74 Å². The Morgan fingerprint density at radius 3 is 2.89 bits per heavy atom. The van der Waals surface area contributed by atoms with Crippen molar-refractivity contribution in [1.82, 2.24) is 10.3 Å². The van der Waals surface area contributed by atoms with Gasteiger partial charge in [-0.3, -0.25) is 4.98 Å². The minimum Gasteiger partial charge on any atom is -0.385 e. The molecule has 1 atom stereocenters. The van der Waals surface area contributed by atoms with E-state index in [0.29, 0.717) is 6.04 Å². The molecule has 3 nitrogen and oxygen atoms in total. The summed E-state index contributed by atoms with van der Waals surface area (Å²) >= 11 is 0. The van der Waals surface area contributed by atoms with Gasteiger partial charge in [-0.15, -0.1) is 0 Å².